The molecule has 3 nitrogen and oxygen atoms in total. The van der Waals surface area contributed by atoms with Crippen molar-refractivity contribution in [2.24, 2.45) is 5.92 Å². The van der Waals surface area contributed by atoms with Crippen molar-refractivity contribution in [2.75, 3.05) is 6.61 Å². The number of aliphatic carboxylic acids is 1. The van der Waals surface area contributed by atoms with E-state index in [1.165, 1.54) is 0 Å². The summed E-state index contributed by atoms with van der Waals surface area (Å²) in [6.07, 6.45) is 1.92. The molecule has 20 heavy (non-hydrogen) atoms. The maximum atomic E-state index is 14.1. The first kappa shape index (κ1) is 13.5. The van der Waals surface area contributed by atoms with Gasteiger partial charge in [-0.3, -0.25) is 4.79 Å². The van der Waals surface area contributed by atoms with Crippen molar-refractivity contribution in [1.29, 1.82) is 0 Å². The van der Waals surface area contributed by atoms with Crippen molar-refractivity contribution in [3.05, 3.63) is 34.9 Å². The molecule has 1 aromatic carbocycles. The fourth-order valence-electron chi connectivity index (χ4n) is 3.02. The van der Waals surface area contributed by atoms with Gasteiger partial charge in [0.1, 0.15) is 6.10 Å². The predicted octanol–water partition coefficient (Wildman–Crippen LogP) is 3.39. The van der Waals surface area contributed by atoms with E-state index in [0.29, 0.717) is 37.9 Å². The minimum atomic E-state index is -0.814. The zero-order chi connectivity index (χ0) is 14.3. The molecule has 1 saturated heterocycles. The van der Waals surface area contributed by atoms with Gasteiger partial charge in [-0.1, -0.05) is 12.1 Å². The summed E-state index contributed by atoms with van der Waals surface area (Å²) < 4.78 is 33.1. The van der Waals surface area contributed by atoms with Crippen LogP contribution in [-0.4, -0.2) is 17.7 Å². The SMILES string of the molecule is O=C(O)C1CCC(c2ccc(C3CO3)c(F)c2F)CC1. The van der Waals surface area contributed by atoms with Crippen molar-refractivity contribution >= 4 is 5.97 Å². The summed E-state index contributed by atoms with van der Waals surface area (Å²) in [6.45, 7) is 0.444. The second-order valence-electron chi connectivity index (χ2n) is 5.58. The van der Waals surface area contributed by atoms with Crippen LogP contribution in [0, 0.1) is 17.6 Å². The molecule has 0 bridgehead atoms. The van der Waals surface area contributed by atoms with Crippen molar-refractivity contribution in [3.8, 4) is 0 Å². The number of carboxylic acids is 1. The lowest BCUT2D eigenvalue weighted by atomic mass is 9.78. The lowest BCUT2D eigenvalue weighted by Gasteiger charge is -2.26. The molecule has 108 valence electrons. The predicted molar refractivity (Wildman–Crippen MR) is 67.4 cm³/mol. The van der Waals surface area contributed by atoms with Crippen LogP contribution in [0.5, 0.6) is 0 Å². The van der Waals surface area contributed by atoms with Crippen LogP contribution in [0.1, 0.15) is 48.8 Å². The maximum absolute atomic E-state index is 14.1. The standard InChI is InChI=1S/C15H16F2O3/c16-13-10(5-6-11(14(13)17)12-7-20-12)8-1-3-9(4-2-8)15(18)19/h5-6,8-9,12H,1-4,7H2,(H,18,19). The molecule has 1 saturated carbocycles. The van der Waals surface area contributed by atoms with Crippen LogP contribution in [0.25, 0.3) is 0 Å². The highest BCUT2D eigenvalue weighted by molar-refractivity contribution is 5.70. The van der Waals surface area contributed by atoms with Crippen LogP contribution in [0.2, 0.25) is 0 Å². The van der Waals surface area contributed by atoms with Crippen molar-refractivity contribution in [3.63, 3.8) is 0 Å². The summed E-state index contributed by atoms with van der Waals surface area (Å²) in [4.78, 5) is 10.9. The molecule has 1 heterocycles. The Balaban J connectivity index is 1.78. The van der Waals surface area contributed by atoms with Crippen LogP contribution >= 0.6 is 0 Å². The highest BCUT2D eigenvalue weighted by Gasteiger charge is 2.33. The first-order valence-corrected chi connectivity index (χ1v) is 6.90. The van der Waals surface area contributed by atoms with E-state index in [-0.39, 0.29) is 23.5 Å². The van der Waals surface area contributed by atoms with Crippen LogP contribution in [-0.2, 0) is 9.53 Å². The molecule has 0 aromatic heterocycles. The van der Waals surface area contributed by atoms with Crippen LogP contribution in [0.15, 0.2) is 12.1 Å². The third-order valence-electron chi connectivity index (χ3n) is 4.34. The molecule has 1 aliphatic heterocycles. The molecular formula is C15H16F2O3. The van der Waals surface area contributed by atoms with Crippen LogP contribution < -0.4 is 0 Å². The summed E-state index contributed by atoms with van der Waals surface area (Å²) in [6, 6.07) is 3.22. The number of benzene rings is 1. The van der Waals surface area contributed by atoms with Gasteiger partial charge in [-0.25, -0.2) is 8.78 Å². The summed E-state index contributed by atoms with van der Waals surface area (Å²) in [7, 11) is 0. The highest BCUT2D eigenvalue weighted by Crippen LogP contribution is 2.40. The molecule has 0 radical (unpaired) electrons. The van der Waals surface area contributed by atoms with Gasteiger partial charge in [-0.15, -0.1) is 0 Å². The lowest BCUT2D eigenvalue weighted by molar-refractivity contribution is -0.142. The molecule has 3 rings (SSSR count). The Morgan fingerprint density at radius 1 is 1.10 bits per heavy atom. The Kier molecular flexibility index (Phi) is 3.46. The molecule has 2 aliphatic rings. The van der Waals surface area contributed by atoms with Gasteiger partial charge in [0.2, 0.25) is 0 Å². The Morgan fingerprint density at radius 3 is 2.20 bits per heavy atom. The minimum Gasteiger partial charge on any atom is -0.481 e. The summed E-state index contributed by atoms with van der Waals surface area (Å²) in [5.74, 6) is -2.84. The molecule has 1 N–H and O–H groups in total. The number of epoxide rings is 1. The first-order valence-electron chi connectivity index (χ1n) is 6.90. The quantitative estimate of drug-likeness (QED) is 0.864. The van der Waals surface area contributed by atoms with E-state index in [2.05, 4.69) is 0 Å². The van der Waals surface area contributed by atoms with E-state index >= 15 is 0 Å². The van der Waals surface area contributed by atoms with E-state index < -0.39 is 17.6 Å². The average molecular weight is 282 g/mol. The Bertz CT molecular complexity index is 532. The number of halogens is 2. The molecule has 0 spiro atoms. The summed E-state index contributed by atoms with van der Waals surface area (Å²) in [5, 5.41) is 8.95. The van der Waals surface area contributed by atoms with E-state index in [1.807, 2.05) is 0 Å². The number of carboxylic acid groups (broad SMARTS) is 1. The third kappa shape index (κ3) is 2.42. The largest absolute Gasteiger partial charge is 0.481 e. The third-order valence-corrected chi connectivity index (χ3v) is 4.34. The number of hydrogen-bond donors (Lipinski definition) is 1. The molecule has 1 aromatic rings. The number of rotatable bonds is 3. The molecule has 5 heteroatoms. The highest BCUT2D eigenvalue weighted by atomic mass is 19.2. The molecule has 1 atom stereocenters. The normalized spacial score (nSPS) is 29.2. The van der Waals surface area contributed by atoms with Crippen molar-refractivity contribution < 1.29 is 23.4 Å². The smallest absolute Gasteiger partial charge is 0.306 e. The fourth-order valence-corrected chi connectivity index (χ4v) is 3.02. The zero-order valence-corrected chi connectivity index (χ0v) is 10.9. The van der Waals surface area contributed by atoms with Gasteiger partial charge in [-0.05, 0) is 37.2 Å². The van der Waals surface area contributed by atoms with Crippen molar-refractivity contribution in [2.45, 2.75) is 37.7 Å². The Hall–Kier alpha value is -1.49. The lowest BCUT2D eigenvalue weighted by Crippen LogP contribution is -2.21. The van der Waals surface area contributed by atoms with E-state index in [9.17, 15) is 13.6 Å². The molecule has 1 unspecified atom stereocenters. The Morgan fingerprint density at radius 2 is 1.65 bits per heavy atom. The first-order chi connectivity index (χ1) is 9.58. The van der Waals surface area contributed by atoms with Crippen LogP contribution in [0.3, 0.4) is 0 Å². The van der Waals surface area contributed by atoms with E-state index in [0.717, 1.165) is 0 Å². The summed E-state index contributed by atoms with van der Waals surface area (Å²) >= 11 is 0. The second kappa shape index (κ2) is 5.13. The van der Waals surface area contributed by atoms with Crippen molar-refractivity contribution in [1.82, 2.24) is 0 Å². The zero-order valence-electron chi connectivity index (χ0n) is 10.9. The van der Waals surface area contributed by atoms with Gasteiger partial charge in [0.25, 0.3) is 0 Å². The number of carbonyl (C=O) groups is 1. The van der Waals surface area contributed by atoms with E-state index in [4.69, 9.17) is 9.84 Å². The molecule has 1 aliphatic carbocycles. The Labute approximate surface area is 115 Å². The van der Waals surface area contributed by atoms with E-state index in [1.54, 1.807) is 12.1 Å². The van der Waals surface area contributed by atoms with Crippen LogP contribution in [0.4, 0.5) is 8.78 Å². The van der Waals surface area contributed by atoms with Gasteiger partial charge >= 0.3 is 5.97 Å². The maximum Gasteiger partial charge on any atom is 0.306 e. The molecular weight excluding hydrogens is 266 g/mol. The molecule has 2 fully saturated rings. The van der Waals surface area contributed by atoms with Gasteiger partial charge in [0.15, 0.2) is 11.6 Å². The van der Waals surface area contributed by atoms with Gasteiger partial charge < -0.3 is 9.84 Å². The number of ether oxygens (including phenoxy) is 1. The fraction of sp³-hybridized carbons (Fsp3) is 0.533. The summed E-state index contributed by atoms with van der Waals surface area (Å²) in [5.41, 5.74) is 0.654. The monoisotopic (exact) mass is 282 g/mol. The minimum absolute atomic E-state index is 0.0886. The average Bonchev–Trinajstić information content (AvgIpc) is 3.26. The topological polar surface area (TPSA) is 49.8 Å². The molecule has 0 amide bonds. The number of hydrogen-bond acceptors (Lipinski definition) is 2. The van der Waals surface area contributed by atoms with Gasteiger partial charge in [-0.2, -0.15) is 0 Å². The van der Waals surface area contributed by atoms with Gasteiger partial charge in [0.05, 0.1) is 12.5 Å². The van der Waals surface area contributed by atoms with Gasteiger partial charge in [0, 0.05) is 5.56 Å². The second-order valence-corrected chi connectivity index (χ2v) is 5.58.